The number of nitrogens with one attached hydrogen (secondary N) is 1. The molecule has 1 aromatic carbocycles. The van der Waals surface area contributed by atoms with Gasteiger partial charge in [-0.15, -0.1) is 12.4 Å². The van der Waals surface area contributed by atoms with E-state index in [9.17, 15) is 4.79 Å². The molecule has 0 aliphatic carbocycles. The Morgan fingerprint density at radius 1 is 1.38 bits per heavy atom. The van der Waals surface area contributed by atoms with Gasteiger partial charge in [0.05, 0.1) is 24.2 Å². The maximum absolute atomic E-state index is 12.2. The molecule has 1 N–H and O–H groups in total. The van der Waals surface area contributed by atoms with Crippen molar-refractivity contribution < 1.29 is 9.53 Å². The lowest BCUT2D eigenvalue weighted by atomic mass is 10.3. The van der Waals surface area contributed by atoms with Crippen molar-refractivity contribution in [2.45, 2.75) is 6.54 Å². The predicted molar refractivity (Wildman–Crippen MR) is 84.1 cm³/mol. The van der Waals surface area contributed by atoms with Gasteiger partial charge in [0.15, 0.2) is 0 Å². The Morgan fingerprint density at radius 2 is 2.19 bits per heavy atom. The van der Waals surface area contributed by atoms with Crippen LogP contribution in [-0.2, 0) is 16.1 Å². The molecule has 2 aromatic rings. The van der Waals surface area contributed by atoms with Crippen molar-refractivity contribution in [2.24, 2.45) is 0 Å². The molecule has 0 unspecified atom stereocenters. The average Bonchev–Trinajstić information content (AvgIpc) is 3.02. The normalized spacial score (nSPS) is 13.3. The fourth-order valence-electron chi connectivity index (χ4n) is 2.49. The molecule has 2 heterocycles. The van der Waals surface area contributed by atoms with Crippen LogP contribution >= 0.6 is 12.4 Å². The fraction of sp³-hybridized carbons (Fsp3) is 0.429. The van der Waals surface area contributed by atoms with Crippen molar-refractivity contribution in [3.63, 3.8) is 0 Å². The quantitative estimate of drug-likeness (QED) is 0.838. The van der Waals surface area contributed by atoms with Gasteiger partial charge in [0, 0.05) is 26.7 Å². The van der Waals surface area contributed by atoms with Crippen LogP contribution in [0.2, 0.25) is 0 Å². The number of halogens is 1. The molecule has 21 heavy (non-hydrogen) atoms. The standard InChI is InChI=1S/C14H18N4O2.ClH/c1-20-9-6-15-10-13(19)18-8-7-17-12-5-3-2-4-11(12)16-14(17)18;/h2-5,15H,6-10H2,1H3;1H. The van der Waals surface area contributed by atoms with Crippen molar-refractivity contribution in [1.82, 2.24) is 14.9 Å². The summed E-state index contributed by atoms with van der Waals surface area (Å²) in [6, 6.07) is 7.97. The number of hydrogen-bond donors (Lipinski definition) is 1. The Labute approximate surface area is 129 Å². The molecule has 0 saturated carbocycles. The smallest absolute Gasteiger partial charge is 0.243 e. The highest BCUT2D eigenvalue weighted by molar-refractivity contribution is 5.96. The first-order valence-electron chi connectivity index (χ1n) is 6.76. The van der Waals surface area contributed by atoms with E-state index in [2.05, 4.69) is 14.9 Å². The molecule has 7 heteroatoms. The Morgan fingerprint density at radius 3 is 3.00 bits per heavy atom. The summed E-state index contributed by atoms with van der Waals surface area (Å²) in [5.41, 5.74) is 2.03. The summed E-state index contributed by atoms with van der Waals surface area (Å²) in [4.78, 5) is 18.5. The monoisotopic (exact) mass is 310 g/mol. The van der Waals surface area contributed by atoms with Crippen molar-refractivity contribution in [3.8, 4) is 0 Å². The summed E-state index contributed by atoms with van der Waals surface area (Å²) >= 11 is 0. The van der Waals surface area contributed by atoms with E-state index < -0.39 is 0 Å². The third kappa shape index (κ3) is 3.02. The number of benzene rings is 1. The minimum absolute atomic E-state index is 0. The molecule has 0 radical (unpaired) electrons. The van der Waals surface area contributed by atoms with Gasteiger partial charge in [0.2, 0.25) is 11.9 Å². The van der Waals surface area contributed by atoms with Crippen LogP contribution in [-0.4, -0.2) is 48.8 Å². The van der Waals surface area contributed by atoms with Gasteiger partial charge >= 0.3 is 0 Å². The van der Waals surface area contributed by atoms with E-state index in [1.54, 1.807) is 12.0 Å². The number of carbonyl (C=O) groups is 1. The van der Waals surface area contributed by atoms with Crippen molar-refractivity contribution in [1.29, 1.82) is 0 Å². The minimum atomic E-state index is 0. The number of hydrogen-bond acceptors (Lipinski definition) is 4. The second-order valence-corrected chi connectivity index (χ2v) is 4.77. The van der Waals surface area contributed by atoms with Crippen LogP contribution in [0, 0.1) is 0 Å². The second kappa shape index (κ2) is 6.89. The zero-order chi connectivity index (χ0) is 13.9. The highest BCUT2D eigenvalue weighted by Gasteiger charge is 2.27. The van der Waals surface area contributed by atoms with Gasteiger partial charge in [0.25, 0.3) is 0 Å². The Bertz CT molecular complexity index is 628. The van der Waals surface area contributed by atoms with Crippen molar-refractivity contribution in [2.75, 3.05) is 38.3 Å². The highest BCUT2D eigenvalue weighted by Crippen LogP contribution is 2.26. The first-order valence-corrected chi connectivity index (χ1v) is 6.76. The number of anilines is 1. The van der Waals surface area contributed by atoms with E-state index in [0.29, 0.717) is 26.2 Å². The molecular formula is C14H19ClN4O2. The lowest BCUT2D eigenvalue weighted by Crippen LogP contribution is -2.38. The van der Waals surface area contributed by atoms with Crippen molar-refractivity contribution in [3.05, 3.63) is 24.3 Å². The van der Waals surface area contributed by atoms with Gasteiger partial charge in [-0.05, 0) is 12.1 Å². The fourth-order valence-corrected chi connectivity index (χ4v) is 2.49. The maximum atomic E-state index is 12.2. The highest BCUT2D eigenvalue weighted by atomic mass is 35.5. The number of amides is 1. The number of fused-ring (bicyclic) bond motifs is 3. The van der Waals surface area contributed by atoms with Gasteiger partial charge in [-0.2, -0.15) is 0 Å². The molecule has 1 aromatic heterocycles. The van der Waals surface area contributed by atoms with Crippen LogP contribution in [0.4, 0.5) is 5.95 Å². The van der Waals surface area contributed by atoms with Gasteiger partial charge in [-0.1, -0.05) is 12.1 Å². The van der Waals surface area contributed by atoms with Gasteiger partial charge < -0.3 is 14.6 Å². The molecule has 0 fully saturated rings. The van der Waals surface area contributed by atoms with Gasteiger partial charge in [0.1, 0.15) is 0 Å². The number of methoxy groups -OCH3 is 1. The van der Waals surface area contributed by atoms with E-state index in [1.165, 1.54) is 0 Å². The maximum Gasteiger partial charge on any atom is 0.243 e. The second-order valence-electron chi connectivity index (χ2n) is 4.77. The molecule has 1 aliphatic heterocycles. The molecule has 6 nitrogen and oxygen atoms in total. The van der Waals surface area contributed by atoms with Gasteiger partial charge in [-0.25, -0.2) is 4.98 Å². The number of ether oxygens (including phenoxy) is 1. The molecular weight excluding hydrogens is 292 g/mol. The van der Waals surface area contributed by atoms with E-state index in [-0.39, 0.29) is 18.3 Å². The molecule has 1 aliphatic rings. The molecule has 3 rings (SSSR count). The molecule has 0 saturated heterocycles. The topological polar surface area (TPSA) is 59.4 Å². The molecule has 114 valence electrons. The largest absolute Gasteiger partial charge is 0.383 e. The lowest BCUT2D eigenvalue weighted by molar-refractivity contribution is -0.117. The van der Waals surface area contributed by atoms with E-state index in [1.807, 2.05) is 24.3 Å². The molecule has 0 atom stereocenters. The number of imidazole rings is 1. The first-order chi connectivity index (χ1) is 9.81. The Balaban J connectivity index is 0.00000161. The van der Waals surface area contributed by atoms with Crippen LogP contribution in [0.1, 0.15) is 0 Å². The lowest BCUT2D eigenvalue weighted by Gasteiger charge is -2.14. The summed E-state index contributed by atoms with van der Waals surface area (Å²) < 4.78 is 7.04. The summed E-state index contributed by atoms with van der Waals surface area (Å²) in [5.74, 6) is 0.805. The number of para-hydroxylation sites is 2. The van der Waals surface area contributed by atoms with Crippen LogP contribution in [0.15, 0.2) is 24.3 Å². The number of nitrogens with zero attached hydrogens (tertiary/aromatic N) is 3. The third-order valence-corrected chi connectivity index (χ3v) is 3.48. The molecule has 0 bridgehead atoms. The van der Waals surface area contributed by atoms with E-state index in [0.717, 1.165) is 23.5 Å². The third-order valence-electron chi connectivity index (χ3n) is 3.48. The average molecular weight is 311 g/mol. The van der Waals surface area contributed by atoms with E-state index in [4.69, 9.17) is 4.74 Å². The van der Waals surface area contributed by atoms with Crippen LogP contribution in [0.5, 0.6) is 0 Å². The number of rotatable bonds is 5. The molecule has 0 spiro atoms. The summed E-state index contributed by atoms with van der Waals surface area (Å²) in [5, 5.41) is 3.07. The van der Waals surface area contributed by atoms with E-state index >= 15 is 0 Å². The molecule has 1 amide bonds. The summed E-state index contributed by atoms with van der Waals surface area (Å²) in [7, 11) is 1.65. The van der Waals surface area contributed by atoms with Crippen LogP contribution in [0.25, 0.3) is 11.0 Å². The predicted octanol–water partition coefficient (Wildman–Crippen LogP) is 1.04. The summed E-state index contributed by atoms with van der Waals surface area (Å²) in [6.45, 7) is 3.09. The first kappa shape index (κ1) is 15.8. The van der Waals surface area contributed by atoms with Gasteiger partial charge in [-0.3, -0.25) is 9.69 Å². The number of carbonyl (C=O) groups excluding carboxylic acids is 1. The van der Waals surface area contributed by atoms with Crippen LogP contribution in [0.3, 0.4) is 0 Å². The Kier molecular flexibility index (Phi) is 5.17. The minimum Gasteiger partial charge on any atom is -0.383 e. The summed E-state index contributed by atoms with van der Waals surface area (Å²) in [6.07, 6.45) is 0. The zero-order valence-corrected chi connectivity index (χ0v) is 12.7. The van der Waals surface area contributed by atoms with Crippen LogP contribution < -0.4 is 10.2 Å². The number of aromatic nitrogens is 2. The zero-order valence-electron chi connectivity index (χ0n) is 11.9. The Hall–Kier alpha value is -1.63. The van der Waals surface area contributed by atoms with Crippen molar-refractivity contribution >= 4 is 35.3 Å². The SMILES string of the molecule is COCCNCC(=O)N1CCn2c1nc1ccccc12.Cl.